The molecule has 1 aliphatic rings. The number of likely N-dealkylation sites (N-methyl/N-ethyl adjacent to an activating group) is 1. The van der Waals surface area contributed by atoms with Gasteiger partial charge in [0.05, 0.1) is 6.04 Å². The van der Waals surface area contributed by atoms with E-state index in [4.69, 9.17) is 5.73 Å². The fraction of sp³-hybridized carbons (Fsp3) is 0.818. The van der Waals surface area contributed by atoms with Gasteiger partial charge in [0.2, 0.25) is 11.8 Å². The van der Waals surface area contributed by atoms with E-state index in [-0.39, 0.29) is 17.9 Å². The van der Waals surface area contributed by atoms with Crippen molar-refractivity contribution in [3.8, 4) is 0 Å². The normalized spacial score (nSPS) is 23.4. The number of likely N-dealkylation sites (tertiary alicyclic amines) is 1. The maximum atomic E-state index is 11.9. The molecule has 0 aromatic heterocycles. The van der Waals surface area contributed by atoms with Crippen LogP contribution in [0.5, 0.6) is 0 Å². The summed E-state index contributed by atoms with van der Waals surface area (Å²) in [6.07, 6.45) is 1.88. The Balaban J connectivity index is 2.58. The van der Waals surface area contributed by atoms with Crippen molar-refractivity contribution in [2.45, 2.75) is 38.8 Å². The molecule has 1 heterocycles. The lowest BCUT2D eigenvalue weighted by atomic mass is 10.0. The Morgan fingerprint density at radius 3 is 2.44 bits per heavy atom. The number of amides is 2. The second kappa shape index (κ2) is 5.30. The minimum atomic E-state index is -0.568. The van der Waals surface area contributed by atoms with E-state index in [1.807, 2.05) is 25.8 Å². The largest absolute Gasteiger partial charge is 0.368 e. The average Bonchev–Trinajstić information content (AvgIpc) is 2.59. The standard InChI is InChI=1S/C11H21N3O2/c1-7(2)9(10(12)15)13-11(16)8-5-4-6-14(8)3/h7-9H,4-6H2,1-3H3,(H2,12,15)(H,13,16)/t8-,9-/m0/s1. The molecule has 0 radical (unpaired) electrons. The molecule has 3 N–H and O–H groups in total. The van der Waals surface area contributed by atoms with Crippen molar-refractivity contribution >= 4 is 11.8 Å². The second-order valence-corrected chi connectivity index (χ2v) is 4.77. The molecule has 0 unspecified atom stereocenters. The molecular formula is C11H21N3O2. The van der Waals surface area contributed by atoms with Crippen LogP contribution >= 0.6 is 0 Å². The summed E-state index contributed by atoms with van der Waals surface area (Å²) in [5.74, 6) is -0.533. The first-order chi connectivity index (χ1) is 7.43. The lowest BCUT2D eigenvalue weighted by Gasteiger charge is -2.24. The molecule has 0 bridgehead atoms. The summed E-state index contributed by atoms with van der Waals surface area (Å²) in [4.78, 5) is 25.1. The molecule has 0 aromatic carbocycles. The zero-order valence-corrected chi connectivity index (χ0v) is 10.2. The number of rotatable bonds is 4. The Hall–Kier alpha value is -1.10. The predicted molar refractivity (Wildman–Crippen MR) is 61.6 cm³/mol. The van der Waals surface area contributed by atoms with Crippen LogP contribution in [0.3, 0.4) is 0 Å². The van der Waals surface area contributed by atoms with Gasteiger partial charge in [0, 0.05) is 0 Å². The Bertz CT molecular complexity index is 278. The summed E-state index contributed by atoms with van der Waals surface area (Å²) >= 11 is 0. The first-order valence-electron chi connectivity index (χ1n) is 5.73. The summed E-state index contributed by atoms with van der Waals surface area (Å²) < 4.78 is 0. The molecule has 1 fully saturated rings. The van der Waals surface area contributed by atoms with E-state index in [1.165, 1.54) is 0 Å². The summed E-state index contributed by atoms with van der Waals surface area (Å²) in [5, 5.41) is 2.73. The highest BCUT2D eigenvalue weighted by molar-refractivity contribution is 5.89. The minimum Gasteiger partial charge on any atom is -0.368 e. The van der Waals surface area contributed by atoms with Gasteiger partial charge < -0.3 is 11.1 Å². The Morgan fingerprint density at radius 1 is 1.44 bits per heavy atom. The van der Waals surface area contributed by atoms with Crippen molar-refractivity contribution < 1.29 is 9.59 Å². The Morgan fingerprint density at radius 2 is 2.06 bits per heavy atom. The number of carbonyl (C=O) groups excluding carboxylic acids is 2. The van der Waals surface area contributed by atoms with Gasteiger partial charge in [0.25, 0.3) is 0 Å². The molecule has 2 amide bonds. The van der Waals surface area contributed by atoms with Crippen molar-refractivity contribution in [3.05, 3.63) is 0 Å². The van der Waals surface area contributed by atoms with Gasteiger partial charge in [-0.15, -0.1) is 0 Å². The first kappa shape index (κ1) is 13.0. The summed E-state index contributed by atoms with van der Waals surface area (Å²) in [6.45, 7) is 4.67. The maximum absolute atomic E-state index is 11.9. The molecular weight excluding hydrogens is 206 g/mol. The molecule has 2 atom stereocenters. The first-order valence-corrected chi connectivity index (χ1v) is 5.73. The molecule has 0 aliphatic carbocycles. The van der Waals surface area contributed by atoms with Crippen molar-refractivity contribution in [3.63, 3.8) is 0 Å². The van der Waals surface area contributed by atoms with Crippen LogP contribution < -0.4 is 11.1 Å². The average molecular weight is 227 g/mol. The molecule has 92 valence electrons. The quantitative estimate of drug-likeness (QED) is 0.693. The maximum Gasteiger partial charge on any atom is 0.240 e. The monoisotopic (exact) mass is 227 g/mol. The van der Waals surface area contributed by atoms with E-state index in [0.717, 1.165) is 19.4 Å². The van der Waals surface area contributed by atoms with Crippen LogP contribution in [0.15, 0.2) is 0 Å². The lowest BCUT2D eigenvalue weighted by Crippen LogP contribution is -2.52. The van der Waals surface area contributed by atoms with Gasteiger partial charge in [-0.3, -0.25) is 14.5 Å². The highest BCUT2D eigenvalue weighted by atomic mass is 16.2. The van der Waals surface area contributed by atoms with Crippen LogP contribution in [0.1, 0.15) is 26.7 Å². The van der Waals surface area contributed by atoms with Crippen LogP contribution in [0.4, 0.5) is 0 Å². The van der Waals surface area contributed by atoms with Crippen molar-refractivity contribution in [1.82, 2.24) is 10.2 Å². The van der Waals surface area contributed by atoms with Crippen LogP contribution in [-0.4, -0.2) is 42.4 Å². The van der Waals surface area contributed by atoms with Gasteiger partial charge in [0.15, 0.2) is 0 Å². The molecule has 5 nitrogen and oxygen atoms in total. The van der Waals surface area contributed by atoms with E-state index < -0.39 is 11.9 Å². The molecule has 5 heteroatoms. The van der Waals surface area contributed by atoms with E-state index in [2.05, 4.69) is 5.32 Å². The highest BCUT2D eigenvalue weighted by Crippen LogP contribution is 2.15. The third kappa shape index (κ3) is 2.95. The SMILES string of the molecule is CC(C)[C@H](NC(=O)[C@@H]1CCCN1C)C(N)=O. The van der Waals surface area contributed by atoms with Gasteiger partial charge in [0.1, 0.15) is 6.04 Å². The fourth-order valence-corrected chi connectivity index (χ4v) is 2.06. The number of carbonyl (C=O) groups is 2. The van der Waals surface area contributed by atoms with E-state index in [9.17, 15) is 9.59 Å². The molecule has 1 rings (SSSR count). The summed E-state index contributed by atoms with van der Waals surface area (Å²) in [6, 6.07) is -0.679. The van der Waals surface area contributed by atoms with Crippen molar-refractivity contribution in [2.24, 2.45) is 11.7 Å². The zero-order valence-electron chi connectivity index (χ0n) is 10.2. The number of hydrogen-bond donors (Lipinski definition) is 2. The molecule has 0 saturated carbocycles. The van der Waals surface area contributed by atoms with Crippen LogP contribution in [0.2, 0.25) is 0 Å². The van der Waals surface area contributed by atoms with Gasteiger partial charge >= 0.3 is 0 Å². The van der Waals surface area contributed by atoms with E-state index in [1.54, 1.807) is 0 Å². The molecule has 1 saturated heterocycles. The third-order valence-electron chi connectivity index (χ3n) is 3.09. The number of hydrogen-bond acceptors (Lipinski definition) is 3. The number of primary amides is 1. The summed E-state index contributed by atoms with van der Waals surface area (Å²) in [7, 11) is 1.92. The fourth-order valence-electron chi connectivity index (χ4n) is 2.06. The van der Waals surface area contributed by atoms with E-state index in [0.29, 0.717) is 0 Å². The Labute approximate surface area is 96.4 Å². The Kier molecular flexibility index (Phi) is 4.29. The summed E-state index contributed by atoms with van der Waals surface area (Å²) in [5.41, 5.74) is 5.25. The van der Waals surface area contributed by atoms with E-state index >= 15 is 0 Å². The number of nitrogens with zero attached hydrogens (tertiary/aromatic N) is 1. The zero-order chi connectivity index (χ0) is 12.3. The second-order valence-electron chi connectivity index (χ2n) is 4.77. The van der Waals surface area contributed by atoms with Crippen LogP contribution in [-0.2, 0) is 9.59 Å². The van der Waals surface area contributed by atoms with Crippen LogP contribution in [0, 0.1) is 5.92 Å². The lowest BCUT2D eigenvalue weighted by molar-refractivity contribution is -0.130. The van der Waals surface area contributed by atoms with Gasteiger partial charge in [-0.25, -0.2) is 0 Å². The van der Waals surface area contributed by atoms with Gasteiger partial charge in [-0.1, -0.05) is 13.8 Å². The van der Waals surface area contributed by atoms with Crippen molar-refractivity contribution in [1.29, 1.82) is 0 Å². The predicted octanol–water partition coefficient (Wildman–Crippen LogP) is -0.293. The third-order valence-corrected chi connectivity index (χ3v) is 3.09. The molecule has 1 aliphatic heterocycles. The topological polar surface area (TPSA) is 75.4 Å². The molecule has 0 aromatic rings. The van der Waals surface area contributed by atoms with Crippen molar-refractivity contribution in [2.75, 3.05) is 13.6 Å². The highest BCUT2D eigenvalue weighted by Gasteiger charge is 2.31. The molecule has 0 spiro atoms. The minimum absolute atomic E-state index is 0.0214. The number of nitrogens with one attached hydrogen (secondary N) is 1. The van der Waals surface area contributed by atoms with Gasteiger partial charge in [-0.2, -0.15) is 0 Å². The van der Waals surface area contributed by atoms with Crippen LogP contribution in [0.25, 0.3) is 0 Å². The number of nitrogens with two attached hydrogens (primary N) is 1. The van der Waals surface area contributed by atoms with Gasteiger partial charge in [-0.05, 0) is 32.4 Å². The molecule has 16 heavy (non-hydrogen) atoms. The smallest absolute Gasteiger partial charge is 0.240 e.